The Morgan fingerprint density at radius 3 is 2.69 bits per heavy atom. The number of hydrogen-bond donors (Lipinski definition) is 0. The van der Waals surface area contributed by atoms with Crippen molar-refractivity contribution in [1.29, 1.82) is 0 Å². The SMILES string of the molecule is CCCCCCCCCC1C=CC(Oc2ccc(C(=O)OC)o2)=C2N=C3CCCCC3=C21. The summed E-state index contributed by atoms with van der Waals surface area (Å²) >= 11 is 0. The molecule has 5 nitrogen and oxygen atoms in total. The number of unbranched alkanes of at least 4 members (excludes halogenated alkanes) is 6. The van der Waals surface area contributed by atoms with Crippen LogP contribution in [0.2, 0.25) is 0 Å². The maximum absolute atomic E-state index is 11.7. The molecule has 0 amide bonds. The van der Waals surface area contributed by atoms with Crippen molar-refractivity contribution in [3.8, 4) is 5.95 Å². The number of allylic oxidation sites excluding steroid dienone is 4. The van der Waals surface area contributed by atoms with Crippen molar-refractivity contribution in [1.82, 2.24) is 0 Å². The van der Waals surface area contributed by atoms with Gasteiger partial charge < -0.3 is 13.9 Å². The molecule has 32 heavy (non-hydrogen) atoms. The highest BCUT2D eigenvalue weighted by molar-refractivity contribution is 6.05. The first-order chi connectivity index (χ1) is 15.7. The average molecular weight is 438 g/mol. The maximum Gasteiger partial charge on any atom is 0.374 e. The lowest BCUT2D eigenvalue weighted by Crippen LogP contribution is -2.13. The summed E-state index contributed by atoms with van der Waals surface area (Å²) in [6, 6.07) is 3.22. The van der Waals surface area contributed by atoms with Gasteiger partial charge in [-0.3, -0.25) is 0 Å². The molecule has 4 rings (SSSR count). The highest BCUT2D eigenvalue weighted by Crippen LogP contribution is 2.44. The van der Waals surface area contributed by atoms with E-state index in [4.69, 9.17) is 18.9 Å². The molecule has 2 heterocycles. The van der Waals surface area contributed by atoms with E-state index in [2.05, 4.69) is 13.0 Å². The minimum absolute atomic E-state index is 0.134. The lowest BCUT2D eigenvalue weighted by Gasteiger charge is -2.23. The van der Waals surface area contributed by atoms with E-state index in [0.717, 1.165) is 25.0 Å². The summed E-state index contributed by atoms with van der Waals surface area (Å²) in [7, 11) is 1.33. The van der Waals surface area contributed by atoms with Crippen LogP contribution in [0.15, 0.2) is 56.3 Å². The first-order valence-electron chi connectivity index (χ1n) is 12.3. The van der Waals surface area contributed by atoms with Crippen LogP contribution in [-0.2, 0) is 4.74 Å². The summed E-state index contributed by atoms with van der Waals surface area (Å²) in [6.07, 6.45) is 19.3. The van der Waals surface area contributed by atoms with Crippen LogP contribution < -0.4 is 4.74 Å². The molecule has 0 radical (unpaired) electrons. The molecule has 3 aliphatic rings. The van der Waals surface area contributed by atoms with Gasteiger partial charge in [0.2, 0.25) is 5.76 Å². The van der Waals surface area contributed by atoms with Crippen molar-refractivity contribution in [3.05, 3.63) is 52.6 Å². The second-order valence-electron chi connectivity index (χ2n) is 8.96. The van der Waals surface area contributed by atoms with Crippen molar-refractivity contribution in [3.63, 3.8) is 0 Å². The monoisotopic (exact) mass is 437 g/mol. The molecule has 0 spiro atoms. The molecule has 0 N–H and O–H groups in total. The van der Waals surface area contributed by atoms with Crippen molar-refractivity contribution >= 4 is 11.7 Å². The van der Waals surface area contributed by atoms with Crippen LogP contribution in [-0.4, -0.2) is 18.8 Å². The maximum atomic E-state index is 11.7. The number of methoxy groups -OCH3 is 1. The van der Waals surface area contributed by atoms with Gasteiger partial charge in [-0.2, -0.15) is 0 Å². The van der Waals surface area contributed by atoms with E-state index in [-0.39, 0.29) is 11.7 Å². The quantitative estimate of drug-likeness (QED) is 0.269. The largest absolute Gasteiger partial charge is 0.463 e. The van der Waals surface area contributed by atoms with Gasteiger partial charge in [0.05, 0.1) is 7.11 Å². The second kappa shape index (κ2) is 10.8. The number of carbonyl (C=O) groups is 1. The average Bonchev–Trinajstić information content (AvgIpc) is 3.44. The summed E-state index contributed by atoms with van der Waals surface area (Å²) in [5, 5.41) is 0. The highest BCUT2D eigenvalue weighted by Gasteiger charge is 2.34. The van der Waals surface area contributed by atoms with E-state index >= 15 is 0 Å². The number of furan rings is 1. The summed E-state index contributed by atoms with van der Waals surface area (Å²) in [5.41, 5.74) is 5.01. The smallest absolute Gasteiger partial charge is 0.374 e. The van der Waals surface area contributed by atoms with Crippen LogP contribution in [0.1, 0.15) is 94.5 Å². The number of ether oxygens (including phenoxy) is 2. The van der Waals surface area contributed by atoms with Gasteiger partial charge >= 0.3 is 5.97 Å². The summed E-state index contributed by atoms with van der Waals surface area (Å²) in [4.78, 5) is 16.7. The summed E-state index contributed by atoms with van der Waals surface area (Å²) in [6.45, 7) is 2.26. The fourth-order valence-corrected chi connectivity index (χ4v) is 4.94. The Morgan fingerprint density at radius 2 is 1.88 bits per heavy atom. The van der Waals surface area contributed by atoms with Crippen LogP contribution in [0.4, 0.5) is 0 Å². The Hall–Kier alpha value is -2.56. The van der Waals surface area contributed by atoms with Crippen LogP contribution in [0.3, 0.4) is 0 Å². The topological polar surface area (TPSA) is 61.0 Å². The Kier molecular flexibility index (Phi) is 7.67. The molecule has 1 aromatic rings. The van der Waals surface area contributed by atoms with Gasteiger partial charge in [-0.25, -0.2) is 9.79 Å². The number of carbonyl (C=O) groups excluding carboxylic acids is 1. The third-order valence-electron chi connectivity index (χ3n) is 6.65. The zero-order chi connectivity index (χ0) is 22.3. The molecule has 172 valence electrons. The van der Waals surface area contributed by atoms with E-state index < -0.39 is 5.97 Å². The number of rotatable bonds is 11. The zero-order valence-corrected chi connectivity index (χ0v) is 19.5. The second-order valence-corrected chi connectivity index (χ2v) is 8.96. The van der Waals surface area contributed by atoms with Crippen molar-refractivity contribution in [2.75, 3.05) is 7.11 Å². The number of fused-ring (bicyclic) bond motifs is 2. The third-order valence-corrected chi connectivity index (χ3v) is 6.65. The van der Waals surface area contributed by atoms with Crippen LogP contribution in [0.5, 0.6) is 5.95 Å². The normalized spacial score (nSPS) is 19.7. The van der Waals surface area contributed by atoms with E-state index in [1.54, 1.807) is 12.1 Å². The minimum Gasteiger partial charge on any atom is -0.463 e. The van der Waals surface area contributed by atoms with Crippen molar-refractivity contribution in [2.45, 2.75) is 84.0 Å². The molecular formula is C27H35NO4. The van der Waals surface area contributed by atoms with Gasteiger partial charge in [0, 0.05) is 17.7 Å². The molecule has 1 fully saturated rings. The van der Waals surface area contributed by atoms with Gasteiger partial charge in [0.1, 0.15) is 5.70 Å². The Balaban J connectivity index is 1.46. The highest BCUT2D eigenvalue weighted by atomic mass is 16.6. The van der Waals surface area contributed by atoms with Crippen LogP contribution in [0, 0.1) is 5.92 Å². The number of hydrogen-bond acceptors (Lipinski definition) is 5. The number of nitrogens with zero attached hydrogens (tertiary/aromatic N) is 1. The molecule has 1 saturated carbocycles. The van der Waals surface area contributed by atoms with Crippen LogP contribution >= 0.6 is 0 Å². The molecule has 1 unspecified atom stereocenters. The predicted molar refractivity (Wildman–Crippen MR) is 126 cm³/mol. The Morgan fingerprint density at radius 1 is 1.09 bits per heavy atom. The standard InChI is InChI=1S/C27H35NO4/c1-3-4-5-6-7-8-9-12-19-15-16-22(31-24-18-17-23(32-24)27(29)30-2)26-25(19)20-13-10-11-14-21(20)28-26/h15-19H,3-14H2,1-2H3. The zero-order valence-electron chi connectivity index (χ0n) is 19.5. The molecule has 0 saturated heterocycles. The summed E-state index contributed by atoms with van der Waals surface area (Å²) in [5.74, 6) is 1.01. The van der Waals surface area contributed by atoms with Gasteiger partial charge in [-0.15, -0.1) is 0 Å². The van der Waals surface area contributed by atoms with Crippen molar-refractivity contribution < 1.29 is 18.7 Å². The molecule has 1 aromatic heterocycles. The Labute approximate surface area is 191 Å². The lowest BCUT2D eigenvalue weighted by atomic mass is 9.81. The van der Waals surface area contributed by atoms with Crippen molar-refractivity contribution in [2.24, 2.45) is 10.9 Å². The van der Waals surface area contributed by atoms with Gasteiger partial charge in [0.25, 0.3) is 5.95 Å². The fraction of sp³-hybridized carbons (Fsp3) is 0.556. The number of esters is 1. The summed E-state index contributed by atoms with van der Waals surface area (Å²) < 4.78 is 16.3. The number of aliphatic imine (C=N–C) groups is 1. The molecule has 5 heteroatoms. The molecule has 2 aliphatic carbocycles. The molecule has 0 bridgehead atoms. The van der Waals surface area contributed by atoms with Gasteiger partial charge in [0.15, 0.2) is 5.76 Å². The van der Waals surface area contributed by atoms with E-state index in [1.165, 1.54) is 81.8 Å². The first-order valence-corrected chi connectivity index (χ1v) is 12.3. The molecule has 0 aromatic carbocycles. The minimum atomic E-state index is -0.513. The van der Waals surface area contributed by atoms with Gasteiger partial charge in [-0.05, 0) is 55.4 Å². The first kappa shape index (κ1) is 22.6. The van der Waals surface area contributed by atoms with E-state index in [1.807, 2.05) is 6.08 Å². The molecule has 1 atom stereocenters. The fourth-order valence-electron chi connectivity index (χ4n) is 4.94. The molecular weight excluding hydrogens is 402 g/mol. The van der Waals surface area contributed by atoms with E-state index in [0.29, 0.717) is 11.7 Å². The van der Waals surface area contributed by atoms with Crippen LogP contribution in [0.25, 0.3) is 0 Å². The van der Waals surface area contributed by atoms with E-state index in [9.17, 15) is 4.79 Å². The Bertz CT molecular complexity index is 947. The van der Waals surface area contributed by atoms with Gasteiger partial charge in [-0.1, -0.05) is 57.9 Å². The molecule has 1 aliphatic heterocycles. The lowest BCUT2D eigenvalue weighted by molar-refractivity contribution is 0.0559. The predicted octanol–water partition coefficient (Wildman–Crippen LogP) is 7.31. The third kappa shape index (κ3) is 5.08.